The molecule has 0 amide bonds. The molecule has 0 aliphatic carbocycles. The van der Waals surface area contributed by atoms with Crippen molar-refractivity contribution in [3.05, 3.63) is 42.0 Å². The fraction of sp³-hybridized carbons (Fsp3) is 0.200. The third-order valence-corrected chi connectivity index (χ3v) is 2.92. The Morgan fingerprint density at radius 1 is 0.864 bits per heavy atom. The van der Waals surface area contributed by atoms with Gasteiger partial charge in [-0.05, 0) is 24.3 Å². The lowest BCUT2D eigenvalue weighted by molar-refractivity contribution is -0.138. The van der Waals surface area contributed by atoms with E-state index in [1.165, 1.54) is 32.4 Å². The minimum absolute atomic E-state index is 0.203. The quantitative estimate of drug-likeness (QED) is 0.864. The van der Waals surface area contributed by atoms with Crippen LogP contribution in [0.15, 0.2) is 36.4 Å². The van der Waals surface area contributed by atoms with Crippen molar-refractivity contribution in [2.75, 3.05) is 20.0 Å². The van der Waals surface area contributed by atoms with Crippen LogP contribution in [0.2, 0.25) is 0 Å². The maximum absolute atomic E-state index is 12.8. The number of ether oxygens (including phenoxy) is 3. The molecule has 0 unspecified atom stereocenters. The second kappa shape index (κ2) is 6.05. The van der Waals surface area contributed by atoms with Crippen molar-refractivity contribution in [1.82, 2.24) is 0 Å². The third kappa shape index (κ3) is 3.36. The number of hydrogen-bond donors (Lipinski definition) is 1. The Balaban J connectivity index is 2.29. The molecule has 0 radical (unpaired) electrons. The van der Waals surface area contributed by atoms with E-state index in [0.717, 1.165) is 6.07 Å². The van der Waals surface area contributed by atoms with Crippen molar-refractivity contribution in [3.63, 3.8) is 0 Å². The molecule has 7 heteroatoms. The van der Waals surface area contributed by atoms with Crippen molar-refractivity contribution < 1.29 is 27.4 Å². The molecule has 118 valence electrons. The number of alkyl halides is 3. The molecule has 0 atom stereocenters. The number of methoxy groups -OCH3 is 2. The van der Waals surface area contributed by atoms with E-state index in [1.54, 1.807) is 12.1 Å². The zero-order valence-corrected chi connectivity index (χ0v) is 11.9. The molecule has 2 aromatic rings. The molecule has 0 spiro atoms. The fourth-order valence-corrected chi connectivity index (χ4v) is 1.88. The van der Waals surface area contributed by atoms with Gasteiger partial charge in [0, 0.05) is 12.1 Å². The molecule has 0 fully saturated rings. The van der Waals surface area contributed by atoms with Gasteiger partial charge in [0.15, 0.2) is 0 Å². The molecular formula is C15H14F3NO3. The summed E-state index contributed by atoms with van der Waals surface area (Å²) in [5.41, 5.74) is 5.24. The summed E-state index contributed by atoms with van der Waals surface area (Å²) in [7, 11) is 2.65. The molecule has 2 aromatic carbocycles. The fourth-order valence-electron chi connectivity index (χ4n) is 1.88. The standard InChI is InChI=1S/C15H14F3NO3/c1-20-13-6-4-9(7-12(13)19)22-10-3-5-11(15(16,17)18)14(8-10)21-2/h3-8H,19H2,1-2H3. The Kier molecular flexibility index (Phi) is 4.35. The average Bonchev–Trinajstić information content (AvgIpc) is 2.46. The van der Waals surface area contributed by atoms with Crippen molar-refractivity contribution in [3.8, 4) is 23.0 Å². The number of rotatable bonds is 4. The van der Waals surface area contributed by atoms with Gasteiger partial charge in [0.2, 0.25) is 0 Å². The third-order valence-electron chi connectivity index (χ3n) is 2.92. The van der Waals surface area contributed by atoms with Crippen molar-refractivity contribution in [1.29, 1.82) is 0 Å². The normalized spacial score (nSPS) is 11.1. The molecule has 0 aliphatic rings. The molecular weight excluding hydrogens is 299 g/mol. The summed E-state index contributed by atoms with van der Waals surface area (Å²) in [5.74, 6) is 0.748. The SMILES string of the molecule is COc1ccc(Oc2ccc(C(F)(F)F)c(OC)c2)cc1N. The summed E-state index contributed by atoms with van der Waals surface area (Å²) in [6.07, 6.45) is -4.49. The molecule has 0 bridgehead atoms. The van der Waals surface area contributed by atoms with Gasteiger partial charge in [0.1, 0.15) is 23.0 Å². The molecule has 2 rings (SSSR count). The van der Waals surface area contributed by atoms with E-state index in [0.29, 0.717) is 17.2 Å². The van der Waals surface area contributed by atoms with Gasteiger partial charge >= 0.3 is 6.18 Å². The van der Waals surface area contributed by atoms with Gasteiger partial charge < -0.3 is 19.9 Å². The van der Waals surface area contributed by atoms with Crippen LogP contribution in [-0.4, -0.2) is 14.2 Å². The van der Waals surface area contributed by atoms with Gasteiger partial charge in [-0.2, -0.15) is 13.2 Å². The smallest absolute Gasteiger partial charge is 0.419 e. The molecule has 0 saturated heterocycles. The van der Waals surface area contributed by atoms with Crippen LogP contribution < -0.4 is 19.9 Å². The Labute approximate surface area is 125 Å². The van der Waals surface area contributed by atoms with Gasteiger partial charge in [-0.1, -0.05) is 0 Å². The Hall–Kier alpha value is -2.57. The summed E-state index contributed by atoms with van der Waals surface area (Å²) in [6.45, 7) is 0. The zero-order chi connectivity index (χ0) is 16.3. The van der Waals surface area contributed by atoms with Crippen molar-refractivity contribution in [2.24, 2.45) is 0 Å². The van der Waals surface area contributed by atoms with Crippen LogP contribution in [0.1, 0.15) is 5.56 Å². The van der Waals surface area contributed by atoms with E-state index in [2.05, 4.69) is 0 Å². The predicted octanol–water partition coefficient (Wildman–Crippen LogP) is 4.10. The molecule has 0 heterocycles. The van der Waals surface area contributed by atoms with E-state index >= 15 is 0 Å². The maximum atomic E-state index is 12.8. The summed E-state index contributed by atoms with van der Waals surface area (Å²) in [4.78, 5) is 0. The minimum Gasteiger partial charge on any atom is -0.496 e. The van der Waals surface area contributed by atoms with Crippen LogP contribution in [0.3, 0.4) is 0 Å². The summed E-state index contributed by atoms with van der Waals surface area (Å²) < 4.78 is 53.6. The first-order valence-corrected chi connectivity index (χ1v) is 6.21. The molecule has 0 aromatic heterocycles. The Bertz CT molecular complexity index is 672. The minimum atomic E-state index is -4.49. The lowest BCUT2D eigenvalue weighted by atomic mass is 10.2. The number of nitrogen functional groups attached to an aromatic ring is 1. The molecule has 4 nitrogen and oxygen atoms in total. The van der Waals surface area contributed by atoms with Crippen LogP contribution in [0, 0.1) is 0 Å². The predicted molar refractivity (Wildman–Crippen MR) is 75.5 cm³/mol. The Morgan fingerprint density at radius 2 is 1.45 bits per heavy atom. The largest absolute Gasteiger partial charge is 0.496 e. The van der Waals surface area contributed by atoms with Crippen LogP contribution in [0.4, 0.5) is 18.9 Å². The van der Waals surface area contributed by atoms with Crippen LogP contribution >= 0.6 is 0 Å². The monoisotopic (exact) mass is 313 g/mol. The highest BCUT2D eigenvalue weighted by Gasteiger charge is 2.34. The van der Waals surface area contributed by atoms with Crippen LogP contribution in [0.25, 0.3) is 0 Å². The topological polar surface area (TPSA) is 53.7 Å². The summed E-state index contributed by atoms with van der Waals surface area (Å²) in [5, 5.41) is 0. The van der Waals surface area contributed by atoms with Crippen molar-refractivity contribution in [2.45, 2.75) is 6.18 Å². The number of hydrogen-bond acceptors (Lipinski definition) is 4. The van der Waals surface area contributed by atoms with Gasteiger partial charge in [0.25, 0.3) is 0 Å². The lowest BCUT2D eigenvalue weighted by Gasteiger charge is -2.14. The van der Waals surface area contributed by atoms with Crippen LogP contribution in [0.5, 0.6) is 23.0 Å². The first-order chi connectivity index (χ1) is 10.3. The van der Waals surface area contributed by atoms with Crippen molar-refractivity contribution >= 4 is 5.69 Å². The van der Waals surface area contributed by atoms with E-state index in [4.69, 9.17) is 19.9 Å². The van der Waals surface area contributed by atoms with E-state index < -0.39 is 11.7 Å². The van der Waals surface area contributed by atoms with E-state index in [9.17, 15) is 13.2 Å². The lowest BCUT2D eigenvalue weighted by Crippen LogP contribution is -2.07. The van der Waals surface area contributed by atoms with Gasteiger partial charge in [-0.3, -0.25) is 0 Å². The summed E-state index contributed by atoms with van der Waals surface area (Å²) >= 11 is 0. The molecule has 2 N–H and O–H groups in total. The maximum Gasteiger partial charge on any atom is 0.419 e. The van der Waals surface area contributed by atoms with Gasteiger partial charge in [-0.25, -0.2) is 0 Å². The number of halogens is 3. The first kappa shape index (κ1) is 15.8. The zero-order valence-electron chi connectivity index (χ0n) is 11.9. The van der Waals surface area contributed by atoms with Crippen LogP contribution in [-0.2, 0) is 6.18 Å². The van der Waals surface area contributed by atoms with E-state index in [1.807, 2.05) is 0 Å². The second-order valence-electron chi connectivity index (χ2n) is 4.37. The highest BCUT2D eigenvalue weighted by Crippen LogP contribution is 2.39. The molecule has 0 aliphatic heterocycles. The number of nitrogens with two attached hydrogens (primary N) is 1. The first-order valence-electron chi connectivity index (χ1n) is 6.21. The average molecular weight is 313 g/mol. The molecule has 0 saturated carbocycles. The number of benzene rings is 2. The second-order valence-corrected chi connectivity index (χ2v) is 4.37. The van der Waals surface area contributed by atoms with E-state index in [-0.39, 0.29) is 11.5 Å². The number of anilines is 1. The summed E-state index contributed by atoms with van der Waals surface area (Å²) in [6, 6.07) is 8.00. The van der Waals surface area contributed by atoms with Gasteiger partial charge in [-0.15, -0.1) is 0 Å². The highest BCUT2D eigenvalue weighted by atomic mass is 19.4. The Morgan fingerprint density at radius 3 is 2.00 bits per heavy atom. The molecule has 22 heavy (non-hydrogen) atoms. The highest BCUT2D eigenvalue weighted by molar-refractivity contribution is 5.57. The van der Waals surface area contributed by atoms with Gasteiger partial charge in [0.05, 0.1) is 25.5 Å².